The fourth-order valence-electron chi connectivity index (χ4n) is 4.06. The second-order valence-corrected chi connectivity index (χ2v) is 7.46. The number of alkyl halides is 4. The number of hydrogen-bond donors (Lipinski definition) is 1. The molecule has 0 spiro atoms. The van der Waals surface area contributed by atoms with Crippen molar-refractivity contribution >= 4 is 6.09 Å². The van der Waals surface area contributed by atoms with Crippen LogP contribution < -0.4 is 18.9 Å². The van der Waals surface area contributed by atoms with E-state index in [2.05, 4.69) is 18.9 Å². The van der Waals surface area contributed by atoms with Crippen molar-refractivity contribution in [1.82, 2.24) is 9.80 Å². The molecular weight excluding hydrogens is 440 g/mol. The fraction of sp³-hybridized carbons (Fsp3) is 0.350. The van der Waals surface area contributed by atoms with Gasteiger partial charge in [0.25, 0.3) is 0 Å². The minimum atomic E-state index is -3.78. The highest BCUT2D eigenvalue weighted by atomic mass is 19.3. The molecule has 12 heteroatoms. The second-order valence-electron chi connectivity index (χ2n) is 7.46. The van der Waals surface area contributed by atoms with Gasteiger partial charge in [-0.15, -0.1) is 17.6 Å². The molecule has 1 N–H and O–H groups in total. The number of amides is 1. The van der Waals surface area contributed by atoms with E-state index in [1.54, 1.807) is 12.1 Å². The van der Waals surface area contributed by atoms with Crippen LogP contribution in [-0.2, 0) is 0 Å². The Kier molecular flexibility index (Phi) is 4.52. The molecule has 3 aliphatic rings. The van der Waals surface area contributed by atoms with Gasteiger partial charge in [-0.1, -0.05) is 12.1 Å². The van der Waals surface area contributed by atoms with Crippen LogP contribution in [0.15, 0.2) is 36.4 Å². The summed E-state index contributed by atoms with van der Waals surface area (Å²) >= 11 is 0. The van der Waals surface area contributed by atoms with E-state index >= 15 is 0 Å². The largest absolute Gasteiger partial charge is 0.586 e. The number of piperazine rings is 1. The monoisotopic (exact) mass is 456 g/mol. The molecule has 0 radical (unpaired) electrons. The zero-order valence-electron chi connectivity index (χ0n) is 16.3. The molecule has 5 rings (SSSR count). The van der Waals surface area contributed by atoms with Gasteiger partial charge in [0, 0.05) is 26.2 Å². The van der Waals surface area contributed by atoms with Crippen LogP contribution >= 0.6 is 0 Å². The lowest BCUT2D eigenvalue weighted by atomic mass is 9.95. The summed E-state index contributed by atoms with van der Waals surface area (Å²) < 4.78 is 71.9. The molecule has 2 aromatic carbocycles. The standard InChI is InChI=1S/C20H16F4N2O6/c21-19(22)29-13-3-1-11(9-15(13)31-19)17(25-5-7-26(8-6-25)18(27)28)12-2-4-14-16(10-12)32-20(23,24)30-14/h1-4,9-10,17H,5-8H2,(H,27,28). The van der Waals surface area contributed by atoms with Crippen molar-refractivity contribution in [3.8, 4) is 23.0 Å². The molecular formula is C20H16F4N2O6. The lowest BCUT2D eigenvalue weighted by molar-refractivity contribution is -0.287. The molecule has 0 aliphatic carbocycles. The maximum absolute atomic E-state index is 13.5. The van der Waals surface area contributed by atoms with Gasteiger partial charge in [-0.25, -0.2) is 4.79 Å². The van der Waals surface area contributed by atoms with E-state index in [0.717, 1.165) is 0 Å². The number of hydrogen-bond acceptors (Lipinski definition) is 6. The average Bonchev–Trinajstić information content (AvgIpc) is 3.20. The summed E-state index contributed by atoms with van der Waals surface area (Å²) in [6, 6.07) is 8.01. The summed E-state index contributed by atoms with van der Waals surface area (Å²) in [4.78, 5) is 14.4. The molecule has 3 heterocycles. The van der Waals surface area contributed by atoms with E-state index in [-0.39, 0.29) is 36.1 Å². The average molecular weight is 456 g/mol. The van der Waals surface area contributed by atoms with Gasteiger partial charge in [0.1, 0.15) is 0 Å². The van der Waals surface area contributed by atoms with Crippen LogP contribution in [0.3, 0.4) is 0 Å². The van der Waals surface area contributed by atoms with Gasteiger partial charge in [0.15, 0.2) is 23.0 Å². The minimum Gasteiger partial charge on any atom is -0.465 e. The van der Waals surface area contributed by atoms with E-state index in [1.165, 1.54) is 29.2 Å². The van der Waals surface area contributed by atoms with E-state index < -0.39 is 24.7 Å². The van der Waals surface area contributed by atoms with Crippen LogP contribution in [0.5, 0.6) is 23.0 Å². The first-order valence-corrected chi connectivity index (χ1v) is 9.62. The molecule has 1 amide bonds. The SMILES string of the molecule is O=C(O)N1CCN(C(c2ccc3c(c2)OC(F)(F)O3)c2ccc3c(c2)OC(F)(F)O3)CC1. The summed E-state index contributed by atoms with van der Waals surface area (Å²) in [5, 5.41) is 9.21. The number of carbonyl (C=O) groups is 1. The molecule has 0 bridgehead atoms. The van der Waals surface area contributed by atoms with Crippen molar-refractivity contribution in [2.45, 2.75) is 18.6 Å². The van der Waals surface area contributed by atoms with E-state index in [0.29, 0.717) is 24.2 Å². The van der Waals surface area contributed by atoms with E-state index in [1.807, 2.05) is 4.90 Å². The summed E-state index contributed by atoms with van der Waals surface area (Å²) in [7, 11) is 0. The molecule has 0 atom stereocenters. The van der Waals surface area contributed by atoms with Crippen molar-refractivity contribution in [1.29, 1.82) is 0 Å². The first-order valence-electron chi connectivity index (χ1n) is 9.62. The summed E-state index contributed by atoms with van der Waals surface area (Å²) in [5.74, 6) is -0.569. The zero-order chi connectivity index (χ0) is 22.7. The fourth-order valence-corrected chi connectivity index (χ4v) is 4.06. The molecule has 0 aromatic heterocycles. The van der Waals surface area contributed by atoms with Gasteiger partial charge in [-0.05, 0) is 35.4 Å². The minimum absolute atomic E-state index is 0.126. The Morgan fingerprint density at radius 2 is 1.22 bits per heavy atom. The number of ether oxygens (including phenoxy) is 4. The van der Waals surface area contributed by atoms with Crippen LogP contribution in [0.2, 0.25) is 0 Å². The van der Waals surface area contributed by atoms with Gasteiger partial charge >= 0.3 is 18.7 Å². The summed E-state index contributed by atoms with van der Waals surface area (Å²) in [5.41, 5.74) is 1.05. The summed E-state index contributed by atoms with van der Waals surface area (Å²) in [6.07, 6.45) is -8.61. The molecule has 8 nitrogen and oxygen atoms in total. The van der Waals surface area contributed by atoms with Gasteiger partial charge in [0.2, 0.25) is 0 Å². The molecule has 3 aliphatic heterocycles. The highest BCUT2D eigenvalue weighted by Crippen LogP contribution is 2.46. The van der Waals surface area contributed by atoms with Crippen molar-refractivity contribution in [3.05, 3.63) is 47.5 Å². The van der Waals surface area contributed by atoms with Crippen LogP contribution in [0, 0.1) is 0 Å². The number of halogens is 4. The van der Waals surface area contributed by atoms with Crippen LogP contribution in [0.1, 0.15) is 17.2 Å². The Morgan fingerprint density at radius 3 is 1.66 bits per heavy atom. The highest BCUT2D eigenvalue weighted by Gasteiger charge is 2.45. The van der Waals surface area contributed by atoms with Crippen molar-refractivity contribution < 1.29 is 46.4 Å². The van der Waals surface area contributed by atoms with Crippen molar-refractivity contribution in [2.24, 2.45) is 0 Å². The predicted molar refractivity (Wildman–Crippen MR) is 98.3 cm³/mol. The quantitative estimate of drug-likeness (QED) is 0.706. The van der Waals surface area contributed by atoms with Crippen LogP contribution in [-0.4, -0.2) is 59.8 Å². The smallest absolute Gasteiger partial charge is 0.465 e. The molecule has 2 aromatic rings. The third-order valence-corrected chi connectivity index (χ3v) is 5.43. The first kappa shape index (κ1) is 20.5. The number of rotatable bonds is 3. The maximum Gasteiger partial charge on any atom is 0.586 e. The predicted octanol–water partition coefficient (Wildman–Crippen LogP) is 3.71. The number of benzene rings is 2. The van der Waals surface area contributed by atoms with Gasteiger partial charge in [-0.3, -0.25) is 4.90 Å². The Morgan fingerprint density at radius 1 is 0.781 bits per heavy atom. The number of fused-ring (bicyclic) bond motifs is 2. The van der Waals surface area contributed by atoms with Crippen molar-refractivity contribution in [2.75, 3.05) is 26.2 Å². The molecule has 0 unspecified atom stereocenters. The summed E-state index contributed by atoms with van der Waals surface area (Å²) in [6.45, 7) is 1.09. The van der Waals surface area contributed by atoms with Gasteiger partial charge in [0.05, 0.1) is 6.04 Å². The lowest BCUT2D eigenvalue weighted by Gasteiger charge is -2.38. The topological polar surface area (TPSA) is 80.7 Å². The maximum atomic E-state index is 13.5. The molecule has 32 heavy (non-hydrogen) atoms. The van der Waals surface area contributed by atoms with Crippen molar-refractivity contribution in [3.63, 3.8) is 0 Å². The highest BCUT2D eigenvalue weighted by molar-refractivity contribution is 5.65. The molecule has 0 saturated carbocycles. The van der Waals surface area contributed by atoms with Crippen LogP contribution in [0.25, 0.3) is 0 Å². The first-order chi connectivity index (χ1) is 15.1. The van der Waals surface area contributed by atoms with Gasteiger partial charge in [-0.2, -0.15) is 0 Å². The number of nitrogens with zero attached hydrogens (tertiary/aromatic N) is 2. The van der Waals surface area contributed by atoms with Gasteiger partial charge < -0.3 is 29.0 Å². The Hall–Kier alpha value is -3.41. The zero-order valence-corrected chi connectivity index (χ0v) is 16.3. The van der Waals surface area contributed by atoms with Crippen LogP contribution in [0.4, 0.5) is 22.4 Å². The molecule has 170 valence electrons. The molecule has 1 saturated heterocycles. The third kappa shape index (κ3) is 3.70. The lowest BCUT2D eigenvalue weighted by Crippen LogP contribution is -2.49. The third-order valence-electron chi connectivity index (χ3n) is 5.43. The molecule has 1 fully saturated rings. The Balaban J connectivity index is 1.51. The normalized spacial score (nSPS) is 20.6. The van der Waals surface area contributed by atoms with E-state index in [9.17, 15) is 27.5 Å². The Labute approximate surface area is 178 Å². The second kappa shape index (κ2) is 7.05. The van der Waals surface area contributed by atoms with E-state index in [4.69, 9.17) is 0 Å². The Bertz CT molecular complexity index is 1010. The number of carboxylic acid groups (broad SMARTS) is 1.